The van der Waals surface area contributed by atoms with E-state index in [0.717, 1.165) is 11.1 Å². The van der Waals surface area contributed by atoms with Gasteiger partial charge in [0.25, 0.3) is 0 Å². The Balaban J connectivity index is 3.57. The predicted octanol–water partition coefficient (Wildman–Crippen LogP) is 2.61. The Morgan fingerprint density at radius 1 is 1.25 bits per heavy atom. The first-order valence-corrected chi connectivity index (χ1v) is 5.59. The van der Waals surface area contributed by atoms with Crippen LogP contribution in [0.25, 0.3) is 0 Å². The zero-order valence-corrected chi connectivity index (χ0v) is 11.0. The van der Waals surface area contributed by atoms with Crippen molar-refractivity contribution >= 4 is 23.2 Å². The lowest BCUT2D eigenvalue weighted by molar-refractivity contribution is 0.264. The van der Waals surface area contributed by atoms with Gasteiger partial charge in [-0.15, -0.1) is 0 Å². The highest BCUT2D eigenvalue weighted by Crippen LogP contribution is 2.41. The molecule has 16 heavy (non-hydrogen) atoms. The molecule has 0 fully saturated rings. The van der Waals surface area contributed by atoms with Gasteiger partial charge in [-0.1, -0.05) is 23.2 Å². The van der Waals surface area contributed by atoms with Crippen molar-refractivity contribution in [1.82, 2.24) is 0 Å². The lowest BCUT2D eigenvalue weighted by Gasteiger charge is -2.20. The van der Waals surface area contributed by atoms with Crippen molar-refractivity contribution in [3.8, 4) is 5.75 Å². The highest BCUT2D eigenvalue weighted by molar-refractivity contribution is 6.37. The number of methoxy groups -OCH3 is 1. The highest BCUT2D eigenvalue weighted by atomic mass is 35.5. The lowest BCUT2D eigenvalue weighted by Crippen LogP contribution is -2.17. The van der Waals surface area contributed by atoms with E-state index in [0.29, 0.717) is 21.4 Å². The Labute approximate surface area is 105 Å². The van der Waals surface area contributed by atoms with Crippen LogP contribution in [-0.2, 0) is 0 Å². The maximum Gasteiger partial charge on any atom is 0.142 e. The summed E-state index contributed by atoms with van der Waals surface area (Å²) in [5.74, 6) is 0.489. The number of aliphatic hydroxyl groups is 1. The minimum atomic E-state index is -0.550. The van der Waals surface area contributed by atoms with E-state index in [1.807, 2.05) is 13.8 Å². The Bertz CT molecular complexity index is 408. The molecule has 0 heterocycles. The molecule has 1 atom stereocenters. The molecule has 0 bridgehead atoms. The Morgan fingerprint density at radius 2 is 1.81 bits per heavy atom. The van der Waals surface area contributed by atoms with Crippen molar-refractivity contribution in [2.24, 2.45) is 5.73 Å². The van der Waals surface area contributed by atoms with E-state index < -0.39 is 6.04 Å². The van der Waals surface area contributed by atoms with Crippen molar-refractivity contribution in [3.63, 3.8) is 0 Å². The summed E-state index contributed by atoms with van der Waals surface area (Å²) < 4.78 is 5.23. The average Bonchev–Trinajstić information content (AvgIpc) is 2.29. The van der Waals surface area contributed by atoms with Crippen LogP contribution in [0.3, 0.4) is 0 Å². The molecule has 1 aromatic carbocycles. The van der Waals surface area contributed by atoms with Crippen LogP contribution in [0.5, 0.6) is 5.75 Å². The van der Waals surface area contributed by atoms with Crippen LogP contribution < -0.4 is 10.5 Å². The molecule has 1 aromatic rings. The van der Waals surface area contributed by atoms with Crippen LogP contribution in [0.15, 0.2) is 0 Å². The quantitative estimate of drug-likeness (QED) is 0.882. The van der Waals surface area contributed by atoms with Gasteiger partial charge >= 0.3 is 0 Å². The third-order valence-electron chi connectivity index (χ3n) is 2.61. The van der Waals surface area contributed by atoms with E-state index >= 15 is 0 Å². The monoisotopic (exact) mass is 263 g/mol. The van der Waals surface area contributed by atoms with Crippen LogP contribution in [0.2, 0.25) is 10.0 Å². The van der Waals surface area contributed by atoms with Gasteiger partial charge in [-0.3, -0.25) is 0 Å². The summed E-state index contributed by atoms with van der Waals surface area (Å²) in [4.78, 5) is 0. The van der Waals surface area contributed by atoms with Crippen LogP contribution in [-0.4, -0.2) is 18.8 Å². The van der Waals surface area contributed by atoms with Crippen LogP contribution in [0.1, 0.15) is 22.7 Å². The van der Waals surface area contributed by atoms with Crippen LogP contribution >= 0.6 is 23.2 Å². The first-order valence-electron chi connectivity index (χ1n) is 4.84. The maximum atomic E-state index is 9.12. The second-order valence-electron chi connectivity index (χ2n) is 3.61. The van der Waals surface area contributed by atoms with Crippen LogP contribution in [0, 0.1) is 13.8 Å². The Hall–Kier alpha value is -0.480. The molecule has 0 saturated carbocycles. The number of halogens is 2. The fourth-order valence-electron chi connectivity index (χ4n) is 1.69. The number of aliphatic hydroxyl groups excluding tert-OH is 1. The van der Waals surface area contributed by atoms with Crippen molar-refractivity contribution in [1.29, 1.82) is 0 Å². The van der Waals surface area contributed by atoms with Crippen molar-refractivity contribution in [2.75, 3.05) is 13.7 Å². The van der Waals surface area contributed by atoms with E-state index in [1.54, 1.807) is 0 Å². The van der Waals surface area contributed by atoms with Gasteiger partial charge in [-0.25, -0.2) is 0 Å². The van der Waals surface area contributed by atoms with Crippen molar-refractivity contribution < 1.29 is 9.84 Å². The Kier molecular flexibility index (Phi) is 4.44. The molecule has 0 aliphatic heterocycles. The molecule has 1 rings (SSSR count). The molecular formula is C11H15Cl2NO2. The fraction of sp³-hybridized carbons (Fsp3) is 0.455. The summed E-state index contributed by atoms with van der Waals surface area (Å²) in [6.07, 6.45) is 0. The van der Waals surface area contributed by atoms with Crippen molar-refractivity contribution in [2.45, 2.75) is 19.9 Å². The van der Waals surface area contributed by atoms with E-state index in [1.165, 1.54) is 7.11 Å². The Morgan fingerprint density at radius 3 is 2.25 bits per heavy atom. The second kappa shape index (κ2) is 5.23. The smallest absolute Gasteiger partial charge is 0.142 e. The summed E-state index contributed by atoms with van der Waals surface area (Å²) in [7, 11) is 1.52. The summed E-state index contributed by atoms with van der Waals surface area (Å²) in [5.41, 5.74) is 8.02. The van der Waals surface area contributed by atoms with Crippen LogP contribution in [0.4, 0.5) is 0 Å². The van der Waals surface area contributed by atoms with E-state index in [9.17, 15) is 0 Å². The minimum absolute atomic E-state index is 0.188. The molecule has 0 saturated heterocycles. The number of hydrogen-bond acceptors (Lipinski definition) is 3. The van der Waals surface area contributed by atoms with Gasteiger partial charge in [0.15, 0.2) is 0 Å². The van der Waals surface area contributed by atoms with Gasteiger partial charge in [0.05, 0.1) is 24.8 Å². The number of ether oxygens (including phenoxy) is 1. The van der Waals surface area contributed by atoms with E-state index in [4.69, 9.17) is 38.8 Å². The molecule has 0 radical (unpaired) electrons. The normalized spacial score (nSPS) is 12.7. The molecule has 0 aliphatic rings. The number of hydrogen-bond donors (Lipinski definition) is 2. The van der Waals surface area contributed by atoms with Gasteiger partial charge in [0.2, 0.25) is 0 Å². The summed E-state index contributed by atoms with van der Waals surface area (Å²) in [6, 6.07) is -0.550. The summed E-state index contributed by atoms with van der Waals surface area (Å²) >= 11 is 12.3. The molecule has 0 aromatic heterocycles. The molecule has 0 amide bonds. The van der Waals surface area contributed by atoms with Gasteiger partial charge in [-0.05, 0) is 25.0 Å². The predicted molar refractivity (Wildman–Crippen MR) is 66.5 cm³/mol. The third-order valence-corrected chi connectivity index (χ3v) is 3.63. The van der Waals surface area contributed by atoms with Crippen molar-refractivity contribution in [3.05, 3.63) is 26.7 Å². The third kappa shape index (κ3) is 2.13. The molecule has 0 aliphatic carbocycles. The summed E-state index contributed by atoms with van der Waals surface area (Å²) in [6.45, 7) is 3.46. The molecule has 90 valence electrons. The number of benzene rings is 1. The largest absolute Gasteiger partial charge is 0.495 e. The van der Waals surface area contributed by atoms with Gasteiger partial charge in [-0.2, -0.15) is 0 Å². The fourth-order valence-corrected chi connectivity index (χ4v) is 2.21. The highest BCUT2D eigenvalue weighted by Gasteiger charge is 2.22. The zero-order valence-electron chi connectivity index (χ0n) is 9.47. The molecular weight excluding hydrogens is 249 g/mol. The number of rotatable bonds is 3. The molecule has 3 nitrogen and oxygen atoms in total. The average molecular weight is 264 g/mol. The maximum absolute atomic E-state index is 9.12. The number of nitrogens with two attached hydrogens (primary N) is 1. The standard InChI is InChI=1S/C11H15Cl2NO2/c1-5-8(7(14)4-15)11(16-3)10(13)6(2)9(5)12/h7,15H,4,14H2,1-3H3/t7-/m0/s1. The minimum Gasteiger partial charge on any atom is -0.495 e. The van der Waals surface area contributed by atoms with E-state index in [-0.39, 0.29) is 6.61 Å². The topological polar surface area (TPSA) is 55.5 Å². The molecule has 0 unspecified atom stereocenters. The first-order chi connectivity index (χ1) is 7.45. The van der Waals surface area contributed by atoms with Gasteiger partial charge in [0, 0.05) is 10.6 Å². The zero-order chi connectivity index (χ0) is 12.5. The lowest BCUT2D eigenvalue weighted by atomic mass is 9.98. The molecule has 0 spiro atoms. The summed E-state index contributed by atoms with van der Waals surface area (Å²) in [5, 5.41) is 10.1. The first kappa shape index (κ1) is 13.6. The molecule has 3 N–H and O–H groups in total. The second-order valence-corrected chi connectivity index (χ2v) is 4.37. The van der Waals surface area contributed by atoms with E-state index in [2.05, 4.69) is 0 Å². The SMILES string of the molecule is COc1c(Cl)c(C)c(Cl)c(C)c1[C@@H](N)CO. The van der Waals surface area contributed by atoms with Gasteiger partial charge in [0.1, 0.15) is 5.75 Å². The molecule has 5 heteroatoms. The van der Waals surface area contributed by atoms with Gasteiger partial charge < -0.3 is 15.6 Å².